The Morgan fingerprint density at radius 3 is 2.74 bits per heavy atom. The van der Waals surface area contributed by atoms with Crippen molar-refractivity contribution in [1.29, 1.82) is 0 Å². The first-order valence-electron chi connectivity index (χ1n) is 5.91. The summed E-state index contributed by atoms with van der Waals surface area (Å²) in [5, 5.41) is 6.76. The van der Waals surface area contributed by atoms with Gasteiger partial charge in [0.05, 0.1) is 5.69 Å². The van der Waals surface area contributed by atoms with E-state index in [1.807, 2.05) is 20.8 Å². The van der Waals surface area contributed by atoms with Crippen LogP contribution in [0.25, 0.3) is 5.82 Å². The maximum absolute atomic E-state index is 11.8. The van der Waals surface area contributed by atoms with E-state index in [-0.39, 0.29) is 0 Å². The van der Waals surface area contributed by atoms with Gasteiger partial charge in [-0.05, 0) is 39.0 Å². The van der Waals surface area contributed by atoms with E-state index in [0.29, 0.717) is 11.5 Å². The average Bonchev–Trinajstić information content (AvgIpc) is 2.80. The molecule has 19 heavy (non-hydrogen) atoms. The lowest BCUT2D eigenvalue weighted by atomic mass is 10.2. The summed E-state index contributed by atoms with van der Waals surface area (Å²) in [6.07, 6.45) is 4.51. The van der Waals surface area contributed by atoms with Crippen LogP contribution in [0, 0.1) is 0 Å². The molecule has 100 valence electrons. The number of amides is 1. The summed E-state index contributed by atoms with van der Waals surface area (Å²) in [5.41, 5.74) is -0.00141. The third-order valence-electron chi connectivity index (χ3n) is 2.14. The van der Waals surface area contributed by atoms with Crippen LogP contribution < -0.4 is 5.32 Å². The lowest BCUT2D eigenvalue weighted by Crippen LogP contribution is -2.27. The third-order valence-corrected chi connectivity index (χ3v) is 2.14. The highest BCUT2D eigenvalue weighted by Gasteiger charge is 2.17. The van der Waals surface area contributed by atoms with Crippen molar-refractivity contribution in [3.63, 3.8) is 0 Å². The number of pyridine rings is 1. The van der Waals surface area contributed by atoms with Gasteiger partial charge < -0.3 is 4.74 Å². The molecule has 6 heteroatoms. The van der Waals surface area contributed by atoms with Crippen molar-refractivity contribution < 1.29 is 9.53 Å². The largest absolute Gasteiger partial charge is 0.444 e. The predicted molar refractivity (Wildman–Crippen MR) is 71.2 cm³/mol. The minimum Gasteiger partial charge on any atom is -0.444 e. The first-order chi connectivity index (χ1) is 8.96. The van der Waals surface area contributed by atoms with Gasteiger partial charge in [0.1, 0.15) is 5.60 Å². The number of carbonyl (C=O) groups is 1. The van der Waals surface area contributed by atoms with Gasteiger partial charge in [-0.3, -0.25) is 5.32 Å². The second-order valence-corrected chi connectivity index (χ2v) is 4.95. The number of nitrogens with one attached hydrogen (secondary N) is 1. The number of hydrogen-bond acceptors (Lipinski definition) is 4. The van der Waals surface area contributed by atoms with Gasteiger partial charge in [0.2, 0.25) is 0 Å². The summed E-state index contributed by atoms with van der Waals surface area (Å²) in [4.78, 5) is 16.0. The van der Waals surface area contributed by atoms with Gasteiger partial charge >= 0.3 is 6.09 Å². The summed E-state index contributed by atoms with van der Waals surface area (Å²) >= 11 is 0. The van der Waals surface area contributed by atoms with Crippen molar-refractivity contribution in [2.45, 2.75) is 26.4 Å². The van der Waals surface area contributed by atoms with Gasteiger partial charge in [-0.15, -0.1) is 0 Å². The molecular weight excluding hydrogens is 244 g/mol. The number of hydrogen-bond donors (Lipinski definition) is 1. The third kappa shape index (κ3) is 3.54. The SMILES string of the molecule is CC(C)(C)OC(=O)Nc1cccnc1-n1cccn1. The lowest BCUT2D eigenvalue weighted by Gasteiger charge is -2.20. The zero-order valence-electron chi connectivity index (χ0n) is 11.1. The zero-order valence-corrected chi connectivity index (χ0v) is 11.1. The average molecular weight is 260 g/mol. The molecule has 2 aromatic heterocycles. The predicted octanol–water partition coefficient (Wildman–Crippen LogP) is 2.61. The Balaban J connectivity index is 2.20. The molecule has 1 N–H and O–H groups in total. The summed E-state index contributed by atoms with van der Waals surface area (Å²) < 4.78 is 6.78. The standard InChI is InChI=1S/C13H16N4O2/c1-13(2,3)19-12(18)16-10-6-4-7-14-11(10)17-9-5-8-15-17/h4-9H,1-3H3,(H,16,18). The molecule has 0 aliphatic carbocycles. The van der Waals surface area contributed by atoms with Crippen LogP contribution in [0.1, 0.15) is 20.8 Å². The van der Waals surface area contributed by atoms with Crippen molar-refractivity contribution >= 4 is 11.8 Å². The van der Waals surface area contributed by atoms with Crippen molar-refractivity contribution in [1.82, 2.24) is 14.8 Å². The van der Waals surface area contributed by atoms with E-state index in [9.17, 15) is 4.79 Å². The molecular formula is C13H16N4O2. The Kier molecular flexibility index (Phi) is 3.50. The molecule has 0 unspecified atom stereocenters. The summed E-state index contributed by atoms with van der Waals surface area (Å²) in [5.74, 6) is 0.540. The first kappa shape index (κ1) is 13.1. The number of rotatable bonds is 2. The van der Waals surface area contributed by atoms with E-state index in [2.05, 4.69) is 15.4 Å². The molecule has 2 aromatic rings. The highest BCUT2D eigenvalue weighted by atomic mass is 16.6. The van der Waals surface area contributed by atoms with Crippen LogP contribution in [0.2, 0.25) is 0 Å². The molecule has 0 fully saturated rings. The second-order valence-electron chi connectivity index (χ2n) is 4.95. The molecule has 2 rings (SSSR count). The molecule has 2 heterocycles. The van der Waals surface area contributed by atoms with Crippen molar-refractivity contribution in [3.05, 3.63) is 36.8 Å². The van der Waals surface area contributed by atoms with Gasteiger partial charge in [-0.2, -0.15) is 5.10 Å². The zero-order chi connectivity index (χ0) is 13.9. The van der Waals surface area contributed by atoms with E-state index in [1.54, 1.807) is 41.5 Å². The summed E-state index contributed by atoms with van der Waals surface area (Å²) in [6, 6.07) is 5.26. The molecule has 0 atom stereocenters. The molecule has 0 radical (unpaired) electrons. The Labute approximate surface area is 111 Å². The molecule has 0 saturated heterocycles. The van der Waals surface area contributed by atoms with Gasteiger partial charge in [-0.1, -0.05) is 0 Å². The Morgan fingerprint density at radius 2 is 2.11 bits per heavy atom. The number of carbonyl (C=O) groups excluding carboxylic acids is 1. The quantitative estimate of drug-likeness (QED) is 0.901. The summed E-state index contributed by atoms with van der Waals surface area (Å²) in [7, 11) is 0. The van der Waals surface area contributed by atoms with Crippen LogP contribution in [0.5, 0.6) is 0 Å². The van der Waals surface area contributed by atoms with E-state index in [0.717, 1.165) is 0 Å². The number of anilines is 1. The number of ether oxygens (including phenoxy) is 1. The fraction of sp³-hybridized carbons (Fsp3) is 0.308. The van der Waals surface area contributed by atoms with Crippen LogP contribution in [0.15, 0.2) is 36.8 Å². The van der Waals surface area contributed by atoms with Gasteiger partial charge in [0.15, 0.2) is 5.82 Å². The smallest absolute Gasteiger partial charge is 0.412 e. The fourth-order valence-electron chi connectivity index (χ4n) is 1.48. The maximum Gasteiger partial charge on any atom is 0.412 e. The van der Waals surface area contributed by atoms with Crippen molar-refractivity contribution in [2.75, 3.05) is 5.32 Å². The van der Waals surface area contributed by atoms with Gasteiger partial charge in [-0.25, -0.2) is 14.5 Å². The van der Waals surface area contributed by atoms with Crippen LogP contribution in [0.3, 0.4) is 0 Å². The Morgan fingerprint density at radius 1 is 1.32 bits per heavy atom. The van der Waals surface area contributed by atoms with Crippen LogP contribution >= 0.6 is 0 Å². The minimum absolute atomic E-state index is 0.520. The normalized spacial score (nSPS) is 11.1. The van der Waals surface area contributed by atoms with E-state index in [4.69, 9.17) is 4.74 Å². The minimum atomic E-state index is -0.543. The summed E-state index contributed by atoms with van der Waals surface area (Å²) in [6.45, 7) is 5.43. The fourth-order valence-corrected chi connectivity index (χ4v) is 1.48. The topological polar surface area (TPSA) is 69.0 Å². The molecule has 0 saturated carbocycles. The Bertz CT molecular complexity index is 558. The molecule has 0 spiro atoms. The van der Waals surface area contributed by atoms with Crippen molar-refractivity contribution in [3.8, 4) is 5.82 Å². The molecule has 1 amide bonds. The molecule has 0 bridgehead atoms. The molecule has 0 aliphatic rings. The highest BCUT2D eigenvalue weighted by Crippen LogP contribution is 2.17. The first-order valence-corrected chi connectivity index (χ1v) is 5.91. The van der Waals surface area contributed by atoms with E-state index in [1.165, 1.54) is 0 Å². The van der Waals surface area contributed by atoms with Crippen LogP contribution in [-0.4, -0.2) is 26.5 Å². The van der Waals surface area contributed by atoms with Gasteiger partial charge in [0, 0.05) is 18.6 Å². The van der Waals surface area contributed by atoms with Crippen LogP contribution in [0.4, 0.5) is 10.5 Å². The van der Waals surface area contributed by atoms with E-state index < -0.39 is 11.7 Å². The van der Waals surface area contributed by atoms with Gasteiger partial charge in [0.25, 0.3) is 0 Å². The molecule has 0 aliphatic heterocycles. The van der Waals surface area contributed by atoms with E-state index >= 15 is 0 Å². The Hall–Kier alpha value is -2.37. The van der Waals surface area contributed by atoms with Crippen LogP contribution in [-0.2, 0) is 4.74 Å². The lowest BCUT2D eigenvalue weighted by molar-refractivity contribution is 0.0636. The second kappa shape index (κ2) is 5.09. The maximum atomic E-state index is 11.8. The molecule has 6 nitrogen and oxygen atoms in total. The number of nitrogens with zero attached hydrogens (tertiary/aromatic N) is 3. The monoisotopic (exact) mass is 260 g/mol. The van der Waals surface area contributed by atoms with Crippen molar-refractivity contribution in [2.24, 2.45) is 0 Å². The highest BCUT2D eigenvalue weighted by molar-refractivity contribution is 5.87. The number of aromatic nitrogens is 3. The molecule has 0 aromatic carbocycles.